The topological polar surface area (TPSA) is 120 Å². The van der Waals surface area contributed by atoms with Crippen LogP contribution in [0.15, 0.2) is 23.2 Å². The number of benzene rings is 1. The molecule has 0 spiro atoms. The van der Waals surface area contributed by atoms with Crippen molar-refractivity contribution < 1.29 is 4.79 Å². The van der Waals surface area contributed by atoms with Crippen molar-refractivity contribution in [3.8, 4) is 0 Å². The molecule has 82 valence electrons. The fraction of sp³-hybridized carbons (Fsp3) is 0. The first kappa shape index (κ1) is 10.4. The number of hydrogen-bond acceptors (Lipinski definition) is 4. The van der Waals surface area contributed by atoms with E-state index >= 15 is 0 Å². The summed E-state index contributed by atoms with van der Waals surface area (Å²) in [6.07, 6.45) is 0. The van der Waals surface area contributed by atoms with Crippen LogP contribution in [0.3, 0.4) is 0 Å². The predicted octanol–water partition coefficient (Wildman–Crippen LogP) is 0.292. The minimum atomic E-state index is -0.478. The number of nitrogens with zero attached hydrogens (tertiary/aromatic N) is 2. The average Bonchev–Trinajstić information content (AvgIpc) is 2.55. The molecule has 2 aromatic rings. The Labute approximate surface area is 94.8 Å². The molecule has 0 unspecified atom stereocenters. The zero-order chi connectivity index (χ0) is 11.7. The molecule has 0 aliphatic heterocycles. The molecule has 16 heavy (non-hydrogen) atoms. The van der Waals surface area contributed by atoms with Gasteiger partial charge in [-0.3, -0.25) is 4.79 Å². The van der Waals surface area contributed by atoms with Crippen LogP contribution in [0.2, 0.25) is 0 Å². The maximum absolute atomic E-state index is 11.5. The number of nitrogen functional groups attached to an aromatic ring is 1. The van der Waals surface area contributed by atoms with Crippen molar-refractivity contribution in [2.45, 2.75) is 0 Å². The lowest BCUT2D eigenvalue weighted by Gasteiger charge is -1.95. The number of anilines is 1. The number of fused-ring (bicyclic) bond motifs is 1. The molecule has 1 heterocycles. The number of thiazole rings is 1. The van der Waals surface area contributed by atoms with Crippen LogP contribution >= 0.6 is 11.3 Å². The molecule has 0 saturated carbocycles. The molecule has 0 aliphatic rings. The smallest absolute Gasteiger partial charge is 0.280 e. The van der Waals surface area contributed by atoms with Crippen LogP contribution < -0.4 is 17.2 Å². The van der Waals surface area contributed by atoms with Crippen LogP contribution in [0.25, 0.3) is 10.2 Å². The lowest BCUT2D eigenvalue weighted by Crippen LogP contribution is -2.24. The Morgan fingerprint density at radius 3 is 2.81 bits per heavy atom. The molecule has 0 fully saturated rings. The van der Waals surface area contributed by atoms with Crippen molar-refractivity contribution in [3.63, 3.8) is 0 Å². The van der Waals surface area contributed by atoms with E-state index in [1.807, 2.05) is 0 Å². The van der Waals surface area contributed by atoms with Gasteiger partial charge in [-0.25, -0.2) is 4.98 Å². The van der Waals surface area contributed by atoms with E-state index in [2.05, 4.69) is 9.98 Å². The van der Waals surface area contributed by atoms with Crippen LogP contribution in [-0.2, 0) is 0 Å². The first-order valence-corrected chi connectivity index (χ1v) is 5.18. The normalized spacial score (nSPS) is 10.2. The SMILES string of the molecule is NC(N)=NC(=O)c1ccc2nc(N)sc2c1. The number of nitrogens with two attached hydrogens (primary N) is 3. The number of guanidine groups is 1. The van der Waals surface area contributed by atoms with E-state index in [0.717, 1.165) is 10.2 Å². The second-order valence-corrected chi connectivity index (χ2v) is 4.14. The van der Waals surface area contributed by atoms with Gasteiger partial charge in [0, 0.05) is 5.56 Å². The molecule has 0 aliphatic carbocycles. The van der Waals surface area contributed by atoms with E-state index in [4.69, 9.17) is 17.2 Å². The Kier molecular flexibility index (Phi) is 2.45. The molecule has 1 aromatic carbocycles. The summed E-state index contributed by atoms with van der Waals surface area (Å²) in [4.78, 5) is 19.0. The second-order valence-electron chi connectivity index (χ2n) is 3.08. The standard InChI is InChI=1S/C9H9N5OS/c10-8(11)14-7(15)4-1-2-5-6(3-4)16-9(12)13-5/h1-3H,(H2,12,13)(H4,10,11,14,15). The second kappa shape index (κ2) is 3.78. The third-order valence-electron chi connectivity index (χ3n) is 1.88. The molecular weight excluding hydrogens is 226 g/mol. The van der Waals surface area contributed by atoms with Crippen molar-refractivity contribution in [1.29, 1.82) is 0 Å². The minimum Gasteiger partial charge on any atom is -0.375 e. The van der Waals surface area contributed by atoms with Gasteiger partial charge in [0.2, 0.25) is 0 Å². The number of rotatable bonds is 1. The molecule has 1 amide bonds. The van der Waals surface area contributed by atoms with Gasteiger partial charge in [0.15, 0.2) is 11.1 Å². The quantitative estimate of drug-likeness (QED) is 0.484. The van der Waals surface area contributed by atoms with Gasteiger partial charge in [-0.05, 0) is 18.2 Å². The summed E-state index contributed by atoms with van der Waals surface area (Å²) in [7, 11) is 0. The summed E-state index contributed by atoms with van der Waals surface area (Å²) in [6, 6.07) is 4.98. The van der Waals surface area contributed by atoms with Crippen LogP contribution in [0.5, 0.6) is 0 Å². The lowest BCUT2D eigenvalue weighted by atomic mass is 10.2. The molecule has 0 atom stereocenters. The van der Waals surface area contributed by atoms with Gasteiger partial charge in [-0.1, -0.05) is 11.3 Å². The molecule has 0 radical (unpaired) electrons. The van der Waals surface area contributed by atoms with Crippen molar-refractivity contribution in [2.75, 3.05) is 5.73 Å². The summed E-state index contributed by atoms with van der Waals surface area (Å²) >= 11 is 1.31. The van der Waals surface area contributed by atoms with E-state index < -0.39 is 5.91 Å². The van der Waals surface area contributed by atoms with Crippen LogP contribution in [0, 0.1) is 0 Å². The van der Waals surface area contributed by atoms with E-state index in [9.17, 15) is 4.79 Å². The fourth-order valence-electron chi connectivity index (χ4n) is 1.26. The molecule has 7 heteroatoms. The molecular formula is C9H9N5OS. The fourth-order valence-corrected chi connectivity index (χ4v) is 2.03. The Bertz CT molecular complexity index is 585. The highest BCUT2D eigenvalue weighted by atomic mass is 32.1. The van der Waals surface area contributed by atoms with Crippen molar-refractivity contribution in [3.05, 3.63) is 23.8 Å². The number of carbonyl (C=O) groups excluding carboxylic acids is 1. The third kappa shape index (κ3) is 1.94. The Balaban J connectivity index is 2.46. The first-order valence-electron chi connectivity index (χ1n) is 4.36. The number of aliphatic imine (C=N–C) groups is 1. The average molecular weight is 235 g/mol. The first-order chi connectivity index (χ1) is 7.56. The van der Waals surface area contributed by atoms with Crippen LogP contribution in [-0.4, -0.2) is 16.9 Å². The molecule has 2 rings (SSSR count). The van der Waals surface area contributed by atoms with Gasteiger partial charge >= 0.3 is 0 Å². The van der Waals surface area contributed by atoms with Crippen LogP contribution in [0.1, 0.15) is 10.4 Å². The minimum absolute atomic E-state index is 0.256. The van der Waals surface area contributed by atoms with Gasteiger partial charge in [-0.15, -0.1) is 0 Å². The molecule has 6 N–H and O–H groups in total. The molecule has 0 bridgehead atoms. The van der Waals surface area contributed by atoms with E-state index in [1.165, 1.54) is 11.3 Å². The zero-order valence-electron chi connectivity index (χ0n) is 8.18. The lowest BCUT2D eigenvalue weighted by molar-refractivity contribution is 0.100. The van der Waals surface area contributed by atoms with Gasteiger partial charge in [0.05, 0.1) is 10.2 Å². The number of hydrogen-bond donors (Lipinski definition) is 3. The number of aromatic nitrogens is 1. The zero-order valence-corrected chi connectivity index (χ0v) is 8.99. The molecule has 0 saturated heterocycles. The van der Waals surface area contributed by atoms with Crippen molar-refractivity contribution in [1.82, 2.24) is 4.98 Å². The summed E-state index contributed by atoms with van der Waals surface area (Å²) in [5, 5.41) is 0.460. The van der Waals surface area contributed by atoms with Gasteiger partial charge in [-0.2, -0.15) is 4.99 Å². The Morgan fingerprint density at radius 1 is 1.38 bits per heavy atom. The van der Waals surface area contributed by atoms with Gasteiger partial charge in [0.25, 0.3) is 5.91 Å². The van der Waals surface area contributed by atoms with Gasteiger partial charge in [0.1, 0.15) is 0 Å². The number of carbonyl (C=O) groups is 1. The van der Waals surface area contributed by atoms with E-state index in [1.54, 1.807) is 18.2 Å². The van der Waals surface area contributed by atoms with Gasteiger partial charge < -0.3 is 17.2 Å². The van der Waals surface area contributed by atoms with Crippen molar-refractivity contribution in [2.24, 2.45) is 16.5 Å². The summed E-state index contributed by atoms with van der Waals surface area (Å²) < 4.78 is 0.828. The highest BCUT2D eigenvalue weighted by Crippen LogP contribution is 2.24. The summed E-state index contributed by atoms with van der Waals surface area (Å²) in [5.74, 6) is -0.734. The monoisotopic (exact) mass is 235 g/mol. The largest absolute Gasteiger partial charge is 0.375 e. The predicted molar refractivity (Wildman–Crippen MR) is 64.2 cm³/mol. The number of amides is 1. The van der Waals surface area contributed by atoms with Crippen molar-refractivity contribution >= 4 is 38.6 Å². The van der Waals surface area contributed by atoms with E-state index in [0.29, 0.717) is 10.7 Å². The van der Waals surface area contributed by atoms with Crippen LogP contribution in [0.4, 0.5) is 5.13 Å². The highest BCUT2D eigenvalue weighted by Gasteiger charge is 2.07. The third-order valence-corrected chi connectivity index (χ3v) is 2.73. The highest BCUT2D eigenvalue weighted by molar-refractivity contribution is 7.22. The Hall–Kier alpha value is -2.15. The molecule has 6 nitrogen and oxygen atoms in total. The van der Waals surface area contributed by atoms with E-state index in [-0.39, 0.29) is 5.96 Å². The Morgan fingerprint density at radius 2 is 2.12 bits per heavy atom. The summed E-state index contributed by atoms with van der Waals surface area (Å²) in [5.41, 5.74) is 17.0. The maximum Gasteiger partial charge on any atom is 0.280 e. The molecule has 1 aromatic heterocycles. The maximum atomic E-state index is 11.5. The summed E-state index contributed by atoms with van der Waals surface area (Å²) in [6.45, 7) is 0.